The van der Waals surface area contributed by atoms with Gasteiger partial charge in [0.1, 0.15) is 4.83 Å². The molecule has 1 aliphatic heterocycles. The van der Waals surface area contributed by atoms with E-state index >= 15 is 0 Å². The maximum absolute atomic E-state index is 11.1. The highest BCUT2D eigenvalue weighted by Gasteiger charge is 2.20. The van der Waals surface area contributed by atoms with Crippen LogP contribution in [0.5, 0.6) is 0 Å². The van der Waals surface area contributed by atoms with E-state index < -0.39 is 10.8 Å². The highest BCUT2D eigenvalue weighted by Crippen LogP contribution is 2.09. The summed E-state index contributed by atoms with van der Waals surface area (Å²) in [5, 5.41) is 0. The van der Waals surface area contributed by atoms with E-state index in [9.17, 15) is 9.59 Å². The molecule has 13 heavy (non-hydrogen) atoms. The first-order valence-corrected chi connectivity index (χ1v) is 4.68. The fraction of sp³-hybridized carbons (Fsp3) is 0.375. The van der Waals surface area contributed by atoms with Gasteiger partial charge in [0.05, 0.1) is 6.61 Å². The summed E-state index contributed by atoms with van der Waals surface area (Å²) in [6.45, 7) is 1.97. The van der Waals surface area contributed by atoms with Crippen molar-refractivity contribution in [3.8, 4) is 0 Å². The van der Waals surface area contributed by atoms with Gasteiger partial charge in [0.25, 0.3) is 5.91 Å². The lowest BCUT2D eigenvalue weighted by atomic mass is 10.2. The van der Waals surface area contributed by atoms with Crippen molar-refractivity contribution in [1.82, 2.24) is 0 Å². The first-order valence-electron chi connectivity index (χ1n) is 3.77. The third-order valence-corrected chi connectivity index (χ3v) is 2.07. The van der Waals surface area contributed by atoms with Gasteiger partial charge in [0.2, 0.25) is 0 Å². The molecule has 0 fully saturated rings. The van der Waals surface area contributed by atoms with Crippen LogP contribution >= 0.6 is 15.9 Å². The average molecular weight is 246 g/mol. The Hall–Kier alpha value is -0.970. The average Bonchev–Trinajstić information content (AvgIpc) is 2.10. The second-order valence-corrected chi connectivity index (χ2v) is 3.30. The predicted octanol–water partition coefficient (Wildman–Crippen LogP) is 0.850. The van der Waals surface area contributed by atoms with E-state index in [0.717, 1.165) is 0 Å². The first kappa shape index (κ1) is 10.1. The van der Waals surface area contributed by atoms with Crippen LogP contribution < -0.4 is 0 Å². The van der Waals surface area contributed by atoms with Crippen molar-refractivity contribution < 1.29 is 14.3 Å². The van der Waals surface area contributed by atoms with E-state index in [0.29, 0.717) is 0 Å². The molecule has 70 valence electrons. The molecule has 0 radical (unpaired) electrons. The number of carbonyl (C=O) groups is 2. The zero-order valence-corrected chi connectivity index (χ0v) is 8.58. The molecule has 0 aliphatic carbocycles. The van der Waals surface area contributed by atoms with Crippen LogP contribution in [0.2, 0.25) is 0 Å². The van der Waals surface area contributed by atoms with Crippen molar-refractivity contribution >= 4 is 33.5 Å². The number of hydrogen-bond donors (Lipinski definition) is 0. The number of halogens is 1. The molecule has 0 saturated heterocycles. The van der Waals surface area contributed by atoms with Gasteiger partial charge in [0.15, 0.2) is 5.71 Å². The number of esters is 1. The molecule has 1 unspecified atom stereocenters. The first-order chi connectivity index (χ1) is 6.15. The summed E-state index contributed by atoms with van der Waals surface area (Å²) in [6.07, 6.45) is 3.03. The molecule has 0 spiro atoms. The molecule has 1 amide bonds. The molecule has 1 atom stereocenters. The molecule has 0 N–H and O–H groups in total. The summed E-state index contributed by atoms with van der Waals surface area (Å²) in [7, 11) is 0. The van der Waals surface area contributed by atoms with Gasteiger partial charge in [-0.15, -0.1) is 0 Å². The highest BCUT2D eigenvalue weighted by molar-refractivity contribution is 9.10. The maximum atomic E-state index is 11.1. The topological polar surface area (TPSA) is 55.7 Å². The second-order valence-electron chi connectivity index (χ2n) is 2.32. The van der Waals surface area contributed by atoms with Crippen LogP contribution in [0.1, 0.15) is 6.92 Å². The Morgan fingerprint density at radius 1 is 1.77 bits per heavy atom. The lowest BCUT2D eigenvalue weighted by Gasteiger charge is -2.07. The molecule has 0 aromatic rings. The molecular formula is C8H8BrNO3. The van der Waals surface area contributed by atoms with E-state index in [2.05, 4.69) is 25.7 Å². The fourth-order valence-electron chi connectivity index (χ4n) is 0.794. The van der Waals surface area contributed by atoms with Crippen LogP contribution in [0.15, 0.2) is 17.1 Å². The molecule has 0 bridgehead atoms. The van der Waals surface area contributed by atoms with Crippen LogP contribution in [-0.4, -0.2) is 29.0 Å². The number of ether oxygens (including phenoxy) is 1. The lowest BCUT2D eigenvalue weighted by molar-refractivity contribution is -0.135. The lowest BCUT2D eigenvalue weighted by Crippen LogP contribution is -2.23. The summed E-state index contributed by atoms with van der Waals surface area (Å²) in [4.78, 5) is 25.2. The van der Waals surface area contributed by atoms with Gasteiger partial charge in [-0.2, -0.15) is 0 Å². The molecule has 1 rings (SSSR count). The number of hydrogen-bond acceptors (Lipinski definition) is 3. The van der Waals surface area contributed by atoms with E-state index in [1.807, 2.05) is 0 Å². The van der Waals surface area contributed by atoms with Crippen LogP contribution in [-0.2, 0) is 14.3 Å². The molecule has 5 heteroatoms. The number of amides is 1. The van der Waals surface area contributed by atoms with Crippen molar-refractivity contribution in [2.75, 3.05) is 6.61 Å². The zero-order chi connectivity index (χ0) is 9.84. The smallest absolute Gasteiger partial charge is 0.357 e. The third kappa shape index (κ3) is 2.48. The molecule has 1 aliphatic rings. The summed E-state index contributed by atoms with van der Waals surface area (Å²) in [6, 6.07) is 0. The van der Waals surface area contributed by atoms with Crippen molar-refractivity contribution in [2.45, 2.75) is 11.8 Å². The standard InChI is InChI=1S/C8H8BrNO3/c1-2-13-8(12)6-4-3-5(9)7(11)10-6/h3-5H,2H2,1H3. The molecule has 1 heterocycles. The van der Waals surface area contributed by atoms with Crippen LogP contribution in [0, 0.1) is 0 Å². The number of carbonyl (C=O) groups excluding carboxylic acids is 2. The van der Waals surface area contributed by atoms with Crippen molar-refractivity contribution in [3.63, 3.8) is 0 Å². The summed E-state index contributed by atoms with van der Waals surface area (Å²) in [5.41, 5.74) is 0.0579. The quantitative estimate of drug-likeness (QED) is 0.536. The molecule has 4 nitrogen and oxygen atoms in total. The van der Waals surface area contributed by atoms with Gasteiger partial charge < -0.3 is 4.74 Å². The highest BCUT2D eigenvalue weighted by atomic mass is 79.9. The second kappa shape index (κ2) is 4.32. The number of nitrogens with zero attached hydrogens (tertiary/aromatic N) is 1. The number of alkyl halides is 1. The van der Waals surface area contributed by atoms with E-state index in [1.54, 1.807) is 13.0 Å². The molecule has 0 saturated carbocycles. The molecule has 0 aromatic carbocycles. The molecule has 0 aromatic heterocycles. The predicted molar refractivity (Wildman–Crippen MR) is 50.9 cm³/mol. The van der Waals surface area contributed by atoms with E-state index in [-0.39, 0.29) is 18.2 Å². The Morgan fingerprint density at radius 2 is 2.46 bits per heavy atom. The minimum Gasteiger partial charge on any atom is -0.461 e. The van der Waals surface area contributed by atoms with Crippen molar-refractivity contribution in [3.05, 3.63) is 12.2 Å². The Balaban J connectivity index is 2.73. The number of aliphatic imine (C=N–C) groups is 1. The maximum Gasteiger partial charge on any atom is 0.357 e. The SMILES string of the molecule is CCOC(=O)C1=NC(=O)C(Br)C=C1. The van der Waals surface area contributed by atoms with Gasteiger partial charge in [0, 0.05) is 0 Å². The fourth-order valence-corrected chi connectivity index (χ4v) is 1.05. The summed E-state index contributed by atoms with van der Waals surface area (Å²) >= 11 is 3.07. The van der Waals surface area contributed by atoms with Gasteiger partial charge in [-0.1, -0.05) is 22.0 Å². The van der Waals surface area contributed by atoms with Gasteiger partial charge >= 0.3 is 5.97 Å². The van der Waals surface area contributed by atoms with Crippen LogP contribution in [0.3, 0.4) is 0 Å². The number of dihydropyridines is 1. The van der Waals surface area contributed by atoms with E-state index in [1.165, 1.54) is 6.08 Å². The molecular weight excluding hydrogens is 238 g/mol. The zero-order valence-electron chi connectivity index (χ0n) is 6.99. The van der Waals surface area contributed by atoms with Crippen LogP contribution in [0.4, 0.5) is 0 Å². The van der Waals surface area contributed by atoms with Crippen LogP contribution in [0.25, 0.3) is 0 Å². The van der Waals surface area contributed by atoms with Gasteiger partial charge in [-0.05, 0) is 13.0 Å². The Kier molecular flexibility index (Phi) is 3.36. The van der Waals surface area contributed by atoms with Crippen molar-refractivity contribution in [2.24, 2.45) is 4.99 Å². The third-order valence-electron chi connectivity index (χ3n) is 1.37. The Labute approximate surface area is 83.8 Å². The minimum atomic E-state index is -0.563. The normalized spacial score (nSPS) is 21.2. The number of rotatable bonds is 2. The van der Waals surface area contributed by atoms with E-state index in [4.69, 9.17) is 0 Å². The summed E-state index contributed by atoms with van der Waals surface area (Å²) < 4.78 is 4.68. The van der Waals surface area contributed by atoms with Gasteiger partial charge in [-0.3, -0.25) is 4.79 Å². The Bertz CT molecular complexity index is 296. The Morgan fingerprint density at radius 3 is 3.00 bits per heavy atom. The monoisotopic (exact) mass is 245 g/mol. The van der Waals surface area contributed by atoms with Crippen molar-refractivity contribution in [1.29, 1.82) is 0 Å². The largest absolute Gasteiger partial charge is 0.461 e. The van der Waals surface area contributed by atoms with Gasteiger partial charge in [-0.25, -0.2) is 9.79 Å². The summed E-state index contributed by atoms with van der Waals surface area (Å²) in [5.74, 6) is -0.947. The minimum absolute atomic E-state index is 0.0579.